The molecule has 2 N–H and O–H groups in total. The molecule has 0 saturated heterocycles. The Kier molecular flexibility index (Phi) is 5.79. The van der Waals surface area contributed by atoms with Crippen molar-refractivity contribution < 1.29 is 13.2 Å². The third-order valence-corrected chi connectivity index (χ3v) is 5.38. The number of sulfonamides is 1. The molecule has 152 valence electrons. The summed E-state index contributed by atoms with van der Waals surface area (Å²) < 4.78 is 27.7. The van der Waals surface area contributed by atoms with E-state index < -0.39 is 10.0 Å². The molecule has 2 aromatic carbocycles. The van der Waals surface area contributed by atoms with Crippen LogP contribution >= 0.6 is 0 Å². The number of aryl methyl sites for hydroxylation is 2. The molecule has 0 bridgehead atoms. The van der Waals surface area contributed by atoms with E-state index in [1.54, 1.807) is 25.1 Å². The maximum absolute atomic E-state index is 12.9. The molecule has 0 spiro atoms. The molecule has 1 amide bonds. The van der Waals surface area contributed by atoms with Crippen molar-refractivity contribution in [2.75, 3.05) is 16.3 Å². The number of carbonyl (C=O) groups is 1. The summed E-state index contributed by atoms with van der Waals surface area (Å²) in [5.41, 5.74) is 5.38. The molecule has 0 atom stereocenters. The minimum atomic E-state index is -3.40. The summed E-state index contributed by atoms with van der Waals surface area (Å²) in [6.07, 6.45) is 1.10. The molecule has 0 unspecified atom stereocenters. The fourth-order valence-electron chi connectivity index (χ4n) is 3.25. The molecule has 0 aliphatic heterocycles. The predicted octanol–water partition coefficient (Wildman–Crippen LogP) is 4.09. The van der Waals surface area contributed by atoms with Gasteiger partial charge in [0.05, 0.1) is 17.5 Å². The first-order valence-electron chi connectivity index (χ1n) is 9.24. The van der Waals surface area contributed by atoms with E-state index in [4.69, 9.17) is 0 Å². The molecule has 0 aliphatic carbocycles. The number of rotatable bonds is 6. The van der Waals surface area contributed by atoms with Crippen molar-refractivity contribution >= 4 is 27.3 Å². The van der Waals surface area contributed by atoms with Gasteiger partial charge in [-0.15, -0.1) is 0 Å². The second-order valence-electron chi connectivity index (χ2n) is 7.21. The van der Waals surface area contributed by atoms with E-state index in [0.717, 1.165) is 28.8 Å². The number of carbonyl (C=O) groups excluding carboxylic acids is 1. The van der Waals surface area contributed by atoms with Gasteiger partial charge in [0, 0.05) is 23.6 Å². The highest BCUT2D eigenvalue weighted by atomic mass is 32.2. The van der Waals surface area contributed by atoms with Crippen LogP contribution in [0, 0.1) is 20.8 Å². The number of nitrogens with zero attached hydrogens (tertiary/aromatic N) is 1. The largest absolute Gasteiger partial charge is 0.344 e. The first-order valence-corrected chi connectivity index (χ1v) is 11.1. The number of aromatic nitrogens is 1. The highest BCUT2D eigenvalue weighted by Gasteiger charge is 2.17. The van der Waals surface area contributed by atoms with Crippen LogP contribution in [0.5, 0.6) is 0 Å². The van der Waals surface area contributed by atoms with Gasteiger partial charge < -0.3 is 9.88 Å². The van der Waals surface area contributed by atoms with E-state index in [9.17, 15) is 13.2 Å². The normalized spacial score (nSPS) is 11.3. The van der Waals surface area contributed by atoms with Gasteiger partial charge in [0.25, 0.3) is 5.91 Å². The number of amides is 1. The molecule has 7 heteroatoms. The molecule has 0 aliphatic rings. The van der Waals surface area contributed by atoms with E-state index in [1.165, 1.54) is 0 Å². The fourth-order valence-corrected chi connectivity index (χ4v) is 3.87. The minimum absolute atomic E-state index is 0.230. The summed E-state index contributed by atoms with van der Waals surface area (Å²) in [4.78, 5) is 12.9. The van der Waals surface area contributed by atoms with Crippen LogP contribution in [-0.4, -0.2) is 25.1 Å². The van der Waals surface area contributed by atoms with Crippen LogP contribution in [0.4, 0.5) is 11.4 Å². The zero-order valence-corrected chi connectivity index (χ0v) is 17.8. The highest BCUT2D eigenvalue weighted by Crippen LogP contribution is 2.23. The summed E-state index contributed by atoms with van der Waals surface area (Å²) in [5, 5.41) is 2.87. The van der Waals surface area contributed by atoms with Crippen LogP contribution in [-0.2, 0) is 16.6 Å². The SMILES string of the molecule is Cc1ccc(NC(=O)c2cc(C)n(Cc3ccccc3)c2C)cc1NS(C)(=O)=O. The van der Waals surface area contributed by atoms with Crippen molar-refractivity contribution in [2.45, 2.75) is 27.3 Å². The van der Waals surface area contributed by atoms with Crippen LogP contribution in [0.25, 0.3) is 0 Å². The van der Waals surface area contributed by atoms with Crippen LogP contribution in [0.2, 0.25) is 0 Å². The lowest BCUT2D eigenvalue weighted by atomic mass is 10.1. The number of nitrogens with one attached hydrogen (secondary N) is 2. The van der Waals surface area contributed by atoms with E-state index in [2.05, 4.69) is 26.7 Å². The van der Waals surface area contributed by atoms with Crippen LogP contribution < -0.4 is 10.0 Å². The molecule has 3 aromatic rings. The average Bonchev–Trinajstić information content (AvgIpc) is 2.92. The van der Waals surface area contributed by atoms with Crippen molar-refractivity contribution in [3.8, 4) is 0 Å². The van der Waals surface area contributed by atoms with Gasteiger partial charge in [0.1, 0.15) is 0 Å². The van der Waals surface area contributed by atoms with Gasteiger partial charge in [-0.2, -0.15) is 0 Å². The molecule has 29 heavy (non-hydrogen) atoms. The second kappa shape index (κ2) is 8.13. The van der Waals surface area contributed by atoms with Gasteiger partial charge in [-0.3, -0.25) is 9.52 Å². The molecule has 1 aromatic heterocycles. The van der Waals surface area contributed by atoms with E-state index >= 15 is 0 Å². The number of hydrogen-bond donors (Lipinski definition) is 2. The fraction of sp³-hybridized carbons (Fsp3) is 0.227. The molecular formula is C22H25N3O3S. The summed E-state index contributed by atoms with van der Waals surface area (Å²) in [5.74, 6) is -0.230. The third kappa shape index (κ3) is 5.06. The van der Waals surface area contributed by atoms with E-state index in [0.29, 0.717) is 23.5 Å². The van der Waals surface area contributed by atoms with Gasteiger partial charge in [-0.25, -0.2) is 8.42 Å². The molecule has 0 saturated carbocycles. The lowest BCUT2D eigenvalue weighted by Crippen LogP contribution is -2.15. The molecule has 3 rings (SSSR count). The van der Waals surface area contributed by atoms with Crippen molar-refractivity contribution in [1.82, 2.24) is 4.57 Å². The number of benzene rings is 2. The first kappa shape index (κ1) is 20.7. The third-order valence-electron chi connectivity index (χ3n) is 4.79. The Balaban J connectivity index is 1.83. The van der Waals surface area contributed by atoms with Crippen molar-refractivity contribution in [2.24, 2.45) is 0 Å². The van der Waals surface area contributed by atoms with Crippen LogP contribution in [0.1, 0.15) is 32.9 Å². The van der Waals surface area contributed by atoms with Crippen molar-refractivity contribution in [3.05, 3.63) is 82.7 Å². The van der Waals surface area contributed by atoms with E-state index in [1.807, 2.05) is 38.1 Å². The predicted molar refractivity (Wildman–Crippen MR) is 117 cm³/mol. The summed E-state index contributed by atoms with van der Waals surface area (Å²) in [6, 6.07) is 17.1. The number of anilines is 2. The van der Waals surface area contributed by atoms with Crippen LogP contribution in [0.3, 0.4) is 0 Å². The molecule has 6 nitrogen and oxygen atoms in total. The quantitative estimate of drug-likeness (QED) is 0.641. The maximum Gasteiger partial charge on any atom is 0.257 e. The zero-order valence-electron chi connectivity index (χ0n) is 17.0. The molecule has 0 fully saturated rings. The summed E-state index contributed by atoms with van der Waals surface area (Å²) >= 11 is 0. The van der Waals surface area contributed by atoms with Gasteiger partial charge in [-0.05, 0) is 50.1 Å². The van der Waals surface area contributed by atoms with E-state index in [-0.39, 0.29) is 5.91 Å². The van der Waals surface area contributed by atoms with Gasteiger partial charge in [0.15, 0.2) is 0 Å². The Morgan fingerprint density at radius 1 is 1.00 bits per heavy atom. The monoisotopic (exact) mass is 411 g/mol. The lowest BCUT2D eigenvalue weighted by molar-refractivity contribution is 0.102. The Labute approximate surface area is 171 Å². The molecule has 0 radical (unpaired) electrons. The maximum atomic E-state index is 12.9. The Morgan fingerprint density at radius 2 is 1.69 bits per heavy atom. The summed E-state index contributed by atoms with van der Waals surface area (Å²) in [7, 11) is -3.40. The van der Waals surface area contributed by atoms with Gasteiger partial charge in [-0.1, -0.05) is 36.4 Å². The Morgan fingerprint density at radius 3 is 2.34 bits per heavy atom. The lowest BCUT2D eigenvalue weighted by Gasteiger charge is -2.12. The molecular weight excluding hydrogens is 386 g/mol. The van der Waals surface area contributed by atoms with Gasteiger partial charge in [0.2, 0.25) is 10.0 Å². The van der Waals surface area contributed by atoms with Crippen molar-refractivity contribution in [3.63, 3.8) is 0 Å². The first-order chi connectivity index (χ1) is 13.6. The standard InChI is InChI=1S/C22H25N3O3S/c1-15-10-11-19(13-21(15)24-29(4,27)28)23-22(26)20-12-16(2)25(17(20)3)14-18-8-6-5-7-9-18/h5-13,24H,14H2,1-4H3,(H,23,26). The average molecular weight is 412 g/mol. The second-order valence-corrected chi connectivity index (χ2v) is 8.96. The summed E-state index contributed by atoms with van der Waals surface area (Å²) in [6.45, 7) is 6.40. The Hall–Kier alpha value is -3.06. The highest BCUT2D eigenvalue weighted by molar-refractivity contribution is 7.92. The minimum Gasteiger partial charge on any atom is -0.344 e. The topological polar surface area (TPSA) is 80.2 Å². The van der Waals surface area contributed by atoms with Gasteiger partial charge >= 0.3 is 0 Å². The van der Waals surface area contributed by atoms with Crippen LogP contribution in [0.15, 0.2) is 54.6 Å². The Bertz CT molecular complexity index is 1150. The number of hydrogen-bond acceptors (Lipinski definition) is 3. The smallest absolute Gasteiger partial charge is 0.257 e. The molecule has 1 heterocycles. The zero-order chi connectivity index (χ0) is 21.2. The van der Waals surface area contributed by atoms with Crippen molar-refractivity contribution in [1.29, 1.82) is 0 Å².